The van der Waals surface area contributed by atoms with Gasteiger partial charge >= 0.3 is 0 Å². The summed E-state index contributed by atoms with van der Waals surface area (Å²) in [6.07, 6.45) is 0.803. The highest BCUT2D eigenvalue weighted by molar-refractivity contribution is 6.30. The van der Waals surface area contributed by atoms with E-state index in [1.54, 1.807) is 24.3 Å². The van der Waals surface area contributed by atoms with Gasteiger partial charge in [0.2, 0.25) is 5.91 Å². The molecule has 1 N–H and O–H groups in total. The maximum absolute atomic E-state index is 12.5. The molecule has 1 heterocycles. The van der Waals surface area contributed by atoms with Crippen molar-refractivity contribution in [2.75, 3.05) is 39.8 Å². The first-order valence-corrected chi connectivity index (χ1v) is 8.39. The molecule has 0 spiro atoms. The molecule has 1 saturated heterocycles. The van der Waals surface area contributed by atoms with Crippen molar-refractivity contribution in [3.05, 3.63) is 34.9 Å². The van der Waals surface area contributed by atoms with E-state index < -0.39 is 0 Å². The minimum Gasteiger partial charge on any atom is -0.341 e. The summed E-state index contributed by atoms with van der Waals surface area (Å²) in [5.41, 5.74) is 0.637. The molecule has 2 rings (SSSR count). The lowest BCUT2D eigenvalue weighted by atomic mass is 10.1. The second-order valence-corrected chi connectivity index (χ2v) is 6.37. The van der Waals surface area contributed by atoms with Crippen LogP contribution in [0.4, 0.5) is 0 Å². The highest BCUT2D eigenvalue weighted by Gasteiger charge is 2.25. The van der Waals surface area contributed by atoms with Crippen LogP contribution in [0.15, 0.2) is 24.3 Å². The summed E-state index contributed by atoms with van der Waals surface area (Å²) in [4.78, 5) is 28.6. The molecule has 1 aromatic rings. The maximum atomic E-state index is 12.5. The molecular formula is C17H25Cl2N3O2. The molecule has 5 nitrogen and oxygen atoms in total. The van der Waals surface area contributed by atoms with E-state index in [0.717, 1.165) is 6.42 Å². The van der Waals surface area contributed by atoms with E-state index in [4.69, 9.17) is 11.6 Å². The summed E-state index contributed by atoms with van der Waals surface area (Å²) in [6, 6.07) is 6.94. The SMILES string of the molecule is CNCC(C)C(=O)N1CCCN(C(=O)c2ccc(Cl)cc2)CC1.Cl. The molecule has 1 unspecified atom stereocenters. The van der Waals surface area contributed by atoms with Gasteiger partial charge in [0, 0.05) is 49.2 Å². The van der Waals surface area contributed by atoms with E-state index in [2.05, 4.69) is 5.32 Å². The monoisotopic (exact) mass is 373 g/mol. The van der Waals surface area contributed by atoms with Crippen LogP contribution in [0.2, 0.25) is 5.02 Å². The van der Waals surface area contributed by atoms with Gasteiger partial charge in [-0.25, -0.2) is 0 Å². The number of hydrogen-bond acceptors (Lipinski definition) is 3. The van der Waals surface area contributed by atoms with Crippen LogP contribution in [0.25, 0.3) is 0 Å². The predicted molar refractivity (Wildman–Crippen MR) is 98.9 cm³/mol. The number of carbonyl (C=O) groups is 2. The van der Waals surface area contributed by atoms with Crippen LogP contribution < -0.4 is 5.32 Å². The number of rotatable bonds is 4. The topological polar surface area (TPSA) is 52.7 Å². The number of carbonyl (C=O) groups excluding carboxylic acids is 2. The molecule has 0 bridgehead atoms. The molecule has 1 aliphatic heterocycles. The van der Waals surface area contributed by atoms with Crippen molar-refractivity contribution in [1.82, 2.24) is 15.1 Å². The average Bonchev–Trinajstić information content (AvgIpc) is 2.80. The zero-order valence-corrected chi connectivity index (χ0v) is 15.7. The minimum atomic E-state index is -0.0430. The molecule has 0 radical (unpaired) electrons. The molecule has 1 atom stereocenters. The van der Waals surface area contributed by atoms with E-state index in [0.29, 0.717) is 43.3 Å². The Balaban J connectivity index is 0.00000288. The third-order valence-electron chi connectivity index (χ3n) is 4.12. The zero-order chi connectivity index (χ0) is 16.8. The van der Waals surface area contributed by atoms with E-state index in [1.807, 2.05) is 23.8 Å². The molecule has 1 aliphatic rings. The highest BCUT2D eigenvalue weighted by Crippen LogP contribution is 2.14. The Bertz CT molecular complexity index is 551. The van der Waals surface area contributed by atoms with Gasteiger partial charge in [-0.3, -0.25) is 9.59 Å². The normalized spacial score (nSPS) is 16.1. The quantitative estimate of drug-likeness (QED) is 0.880. The van der Waals surface area contributed by atoms with Crippen LogP contribution in [0.3, 0.4) is 0 Å². The summed E-state index contributed by atoms with van der Waals surface area (Å²) in [5, 5.41) is 3.65. The number of halogens is 2. The van der Waals surface area contributed by atoms with Gasteiger partial charge < -0.3 is 15.1 Å². The van der Waals surface area contributed by atoms with Gasteiger partial charge in [0.05, 0.1) is 0 Å². The first-order chi connectivity index (χ1) is 11.0. The fourth-order valence-corrected chi connectivity index (χ4v) is 2.95. The summed E-state index contributed by atoms with van der Waals surface area (Å²) < 4.78 is 0. The van der Waals surface area contributed by atoms with Crippen LogP contribution >= 0.6 is 24.0 Å². The van der Waals surface area contributed by atoms with Crippen molar-refractivity contribution in [3.63, 3.8) is 0 Å². The summed E-state index contributed by atoms with van der Waals surface area (Å²) in [5.74, 6) is 0.109. The van der Waals surface area contributed by atoms with Crippen molar-refractivity contribution in [2.45, 2.75) is 13.3 Å². The van der Waals surface area contributed by atoms with Gasteiger partial charge in [-0.1, -0.05) is 18.5 Å². The molecule has 0 saturated carbocycles. The second kappa shape index (κ2) is 9.87. The first kappa shape index (κ1) is 20.7. The maximum Gasteiger partial charge on any atom is 0.253 e. The van der Waals surface area contributed by atoms with Crippen molar-refractivity contribution in [3.8, 4) is 0 Å². The molecule has 1 fully saturated rings. The predicted octanol–water partition coefficient (Wildman–Crippen LogP) is 2.29. The largest absolute Gasteiger partial charge is 0.341 e. The molecule has 0 aliphatic carbocycles. The summed E-state index contributed by atoms with van der Waals surface area (Å²) in [7, 11) is 1.85. The third kappa shape index (κ3) is 5.36. The lowest BCUT2D eigenvalue weighted by Gasteiger charge is -2.24. The van der Waals surface area contributed by atoms with Gasteiger partial charge in [0.15, 0.2) is 0 Å². The smallest absolute Gasteiger partial charge is 0.253 e. The van der Waals surface area contributed by atoms with Gasteiger partial charge in [0.25, 0.3) is 5.91 Å². The zero-order valence-electron chi connectivity index (χ0n) is 14.1. The van der Waals surface area contributed by atoms with Crippen LogP contribution in [0.5, 0.6) is 0 Å². The number of hydrogen-bond donors (Lipinski definition) is 1. The Kier molecular flexibility index (Phi) is 8.53. The van der Waals surface area contributed by atoms with E-state index in [9.17, 15) is 9.59 Å². The Labute approximate surface area is 154 Å². The summed E-state index contributed by atoms with van der Waals surface area (Å²) >= 11 is 5.86. The Morgan fingerprint density at radius 2 is 1.71 bits per heavy atom. The standard InChI is InChI=1S/C17H24ClN3O2.ClH/c1-13(12-19-2)16(22)20-8-3-9-21(11-10-20)17(23)14-4-6-15(18)7-5-14;/h4-7,13,19H,3,8-12H2,1-2H3;1H. The molecule has 0 aromatic heterocycles. The summed E-state index contributed by atoms with van der Waals surface area (Å²) in [6.45, 7) is 5.14. The van der Waals surface area contributed by atoms with E-state index in [-0.39, 0.29) is 30.1 Å². The molecule has 134 valence electrons. The Hall–Kier alpha value is -1.30. The lowest BCUT2D eigenvalue weighted by molar-refractivity contribution is -0.134. The average molecular weight is 374 g/mol. The van der Waals surface area contributed by atoms with Crippen LogP contribution in [-0.4, -0.2) is 61.4 Å². The van der Waals surface area contributed by atoms with E-state index >= 15 is 0 Å². The first-order valence-electron chi connectivity index (χ1n) is 8.01. The second-order valence-electron chi connectivity index (χ2n) is 5.94. The van der Waals surface area contributed by atoms with Crippen molar-refractivity contribution >= 4 is 35.8 Å². The van der Waals surface area contributed by atoms with Gasteiger partial charge in [0.1, 0.15) is 0 Å². The molecular weight excluding hydrogens is 349 g/mol. The number of amides is 2. The fraction of sp³-hybridized carbons (Fsp3) is 0.529. The van der Waals surface area contributed by atoms with Crippen molar-refractivity contribution < 1.29 is 9.59 Å². The van der Waals surface area contributed by atoms with Crippen LogP contribution in [-0.2, 0) is 4.79 Å². The minimum absolute atomic E-state index is 0. The molecule has 2 amide bonds. The highest BCUT2D eigenvalue weighted by atomic mass is 35.5. The fourth-order valence-electron chi connectivity index (χ4n) is 2.82. The Morgan fingerprint density at radius 1 is 1.12 bits per heavy atom. The molecule has 1 aromatic carbocycles. The van der Waals surface area contributed by atoms with Crippen molar-refractivity contribution in [2.24, 2.45) is 5.92 Å². The molecule has 24 heavy (non-hydrogen) atoms. The van der Waals surface area contributed by atoms with Crippen molar-refractivity contribution in [1.29, 1.82) is 0 Å². The van der Waals surface area contributed by atoms with Gasteiger partial charge in [-0.2, -0.15) is 0 Å². The van der Waals surface area contributed by atoms with Gasteiger partial charge in [-0.05, 0) is 37.7 Å². The number of benzene rings is 1. The number of nitrogens with one attached hydrogen (secondary N) is 1. The molecule has 7 heteroatoms. The van der Waals surface area contributed by atoms with E-state index in [1.165, 1.54) is 0 Å². The third-order valence-corrected chi connectivity index (χ3v) is 4.37. The van der Waals surface area contributed by atoms with Gasteiger partial charge in [-0.15, -0.1) is 12.4 Å². The van der Waals surface area contributed by atoms with Crippen LogP contribution in [0.1, 0.15) is 23.7 Å². The lowest BCUT2D eigenvalue weighted by Crippen LogP contribution is -2.41. The van der Waals surface area contributed by atoms with Crippen LogP contribution in [0, 0.1) is 5.92 Å². The Morgan fingerprint density at radius 3 is 2.33 bits per heavy atom. The number of nitrogens with zero attached hydrogens (tertiary/aromatic N) is 2.